The lowest BCUT2D eigenvalue weighted by molar-refractivity contribution is -0.123. The number of nitrogens with two attached hydrogens (primary N) is 2. The highest BCUT2D eigenvalue weighted by atomic mass is 19.1. The van der Waals surface area contributed by atoms with Gasteiger partial charge >= 0.3 is 0 Å². The molecule has 0 saturated carbocycles. The second-order valence-corrected chi connectivity index (χ2v) is 5.29. The van der Waals surface area contributed by atoms with Crippen molar-refractivity contribution in [3.63, 3.8) is 0 Å². The largest absolute Gasteiger partial charge is 0.369 e. The number of benzene rings is 1. The van der Waals surface area contributed by atoms with Gasteiger partial charge in [-0.2, -0.15) is 0 Å². The summed E-state index contributed by atoms with van der Waals surface area (Å²) in [6, 6.07) is 4.95. The Morgan fingerprint density at radius 1 is 1.48 bits per heavy atom. The van der Waals surface area contributed by atoms with Crippen LogP contribution in [0.15, 0.2) is 18.2 Å². The lowest BCUT2D eigenvalue weighted by atomic mass is 9.97. The molecule has 1 atom stereocenters. The van der Waals surface area contributed by atoms with E-state index in [0.717, 1.165) is 19.4 Å². The Balaban J connectivity index is 2.04. The topological polar surface area (TPSA) is 72.3 Å². The zero-order chi connectivity index (χ0) is 15.2. The fraction of sp³-hybridized carbons (Fsp3) is 0.438. The number of rotatable bonds is 3. The minimum absolute atomic E-state index is 0.128. The maximum atomic E-state index is 14.1. The van der Waals surface area contributed by atoms with Crippen molar-refractivity contribution in [3.05, 3.63) is 35.1 Å². The molecule has 1 heterocycles. The number of hydrogen-bond donors (Lipinski definition) is 2. The van der Waals surface area contributed by atoms with Gasteiger partial charge in [0.1, 0.15) is 5.82 Å². The molecule has 1 amide bonds. The van der Waals surface area contributed by atoms with Crippen LogP contribution >= 0.6 is 0 Å². The number of primary amides is 1. The third-order valence-corrected chi connectivity index (χ3v) is 3.69. The molecule has 1 unspecified atom stereocenters. The van der Waals surface area contributed by atoms with Gasteiger partial charge in [-0.25, -0.2) is 4.39 Å². The molecule has 1 saturated heterocycles. The Morgan fingerprint density at radius 2 is 2.29 bits per heavy atom. The number of carbonyl (C=O) groups is 1. The van der Waals surface area contributed by atoms with Crippen LogP contribution in [0, 0.1) is 23.6 Å². The third-order valence-electron chi connectivity index (χ3n) is 3.69. The highest BCUT2D eigenvalue weighted by molar-refractivity contribution is 5.76. The fourth-order valence-electron chi connectivity index (χ4n) is 2.58. The fourth-order valence-corrected chi connectivity index (χ4v) is 2.58. The molecule has 5 heteroatoms. The summed E-state index contributed by atoms with van der Waals surface area (Å²) in [4.78, 5) is 13.3. The van der Waals surface area contributed by atoms with Gasteiger partial charge in [0.2, 0.25) is 5.91 Å². The van der Waals surface area contributed by atoms with Gasteiger partial charge in [-0.15, -0.1) is 0 Å². The van der Waals surface area contributed by atoms with E-state index in [4.69, 9.17) is 11.5 Å². The smallest absolute Gasteiger partial charge is 0.221 e. The van der Waals surface area contributed by atoms with Gasteiger partial charge < -0.3 is 11.5 Å². The first-order chi connectivity index (χ1) is 10.1. The molecule has 0 aromatic heterocycles. The van der Waals surface area contributed by atoms with Crippen LogP contribution in [0.4, 0.5) is 4.39 Å². The Kier molecular flexibility index (Phi) is 5.32. The van der Waals surface area contributed by atoms with E-state index in [1.165, 1.54) is 6.07 Å². The van der Waals surface area contributed by atoms with Crippen LogP contribution < -0.4 is 11.5 Å². The molecular formula is C16H20FN3O. The first-order valence-electron chi connectivity index (χ1n) is 7.09. The van der Waals surface area contributed by atoms with Crippen molar-refractivity contribution >= 4 is 5.91 Å². The van der Waals surface area contributed by atoms with Gasteiger partial charge in [-0.1, -0.05) is 17.9 Å². The SMILES string of the molecule is NCC#Cc1ccc(CN2CCCC(C(N)=O)C2)c(F)c1. The normalized spacial score (nSPS) is 18.9. The van der Waals surface area contributed by atoms with Crippen LogP contribution in [-0.4, -0.2) is 30.4 Å². The van der Waals surface area contributed by atoms with Crippen LogP contribution in [0.2, 0.25) is 0 Å². The average molecular weight is 289 g/mol. The van der Waals surface area contributed by atoms with Crippen molar-refractivity contribution in [1.29, 1.82) is 0 Å². The van der Waals surface area contributed by atoms with Gasteiger partial charge in [-0.3, -0.25) is 9.69 Å². The van der Waals surface area contributed by atoms with Gasteiger partial charge in [0, 0.05) is 24.2 Å². The molecule has 112 valence electrons. The second kappa shape index (κ2) is 7.21. The van der Waals surface area contributed by atoms with Crippen molar-refractivity contribution in [2.24, 2.45) is 17.4 Å². The summed E-state index contributed by atoms with van der Waals surface area (Å²) in [5.74, 6) is 4.83. The first-order valence-corrected chi connectivity index (χ1v) is 7.09. The van der Waals surface area contributed by atoms with Crippen molar-refractivity contribution in [3.8, 4) is 11.8 Å². The monoisotopic (exact) mass is 289 g/mol. The molecule has 0 bridgehead atoms. The van der Waals surface area contributed by atoms with Crippen LogP contribution in [0.1, 0.15) is 24.0 Å². The number of hydrogen-bond acceptors (Lipinski definition) is 3. The molecule has 0 spiro atoms. The van der Waals surface area contributed by atoms with Gasteiger partial charge in [0.25, 0.3) is 0 Å². The Hall–Kier alpha value is -1.90. The average Bonchev–Trinajstić information content (AvgIpc) is 2.48. The molecule has 4 nitrogen and oxygen atoms in total. The molecular weight excluding hydrogens is 269 g/mol. The van der Waals surface area contributed by atoms with Crippen LogP contribution in [0.5, 0.6) is 0 Å². The molecule has 21 heavy (non-hydrogen) atoms. The standard InChI is InChI=1S/C16H20FN3O/c17-15-9-12(3-1-7-18)5-6-13(15)10-20-8-2-4-14(11-20)16(19)21/h5-6,9,14H,2,4,7-8,10-11,18H2,(H2,19,21). The molecule has 2 rings (SSSR count). The zero-order valence-electron chi connectivity index (χ0n) is 11.9. The number of amides is 1. The predicted molar refractivity (Wildman–Crippen MR) is 79.5 cm³/mol. The van der Waals surface area contributed by atoms with E-state index in [-0.39, 0.29) is 24.2 Å². The van der Waals surface area contributed by atoms with Crippen molar-refractivity contribution in [2.45, 2.75) is 19.4 Å². The van der Waals surface area contributed by atoms with Gasteiger partial charge in [0.15, 0.2) is 0 Å². The molecule has 1 fully saturated rings. The van der Waals surface area contributed by atoms with Gasteiger partial charge in [0.05, 0.1) is 12.5 Å². The van der Waals surface area contributed by atoms with Crippen molar-refractivity contribution in [2.75, 3.05) is 19.6 Å². The minimum atomic E-state index is -0.278. The number of piperidine rings is 1. The van der Waals surface area contributed by atoms with Crippen LogP contribution in [-0.2, 0) is 11.3 Å². The van der Waals surface area contributed by atoms with Gasteiger partial charge in [-0.05, 0) is 31.5 Å². The Morgan fingerprint density at radius 3 is 2.95 bits per heavy atom. The summed E-state index contributed by atoms with van der Waals surface area (Å²) in [5.41, 5.74) is 11.9. The third kappa shape index (κ3) is 4.28. The molecule has 1 aromatic rings. The number of nitrogens with zero attached hydrogens (tertiary/aromatic N) is 1. The molecule has 1 aromatic carbocycles. The van der Waals surface area contributed by atoms with E-state index in [1.54, 1.807) is 12.1 Å². The highest BCUT2D eigenvalue weighted by Crippen LogP contribution is 2.20. The molecule has 0 aliphatic carbocycles. The molecule has 0 radical (unpaired) electrons. The summed E-state index contributed by atoms with van der Waals surface area (Å²) in [6.45, 7) is 2.20. The lowest BCUT2D eigenvalue weighted by Gasteiger charge is -2.31. The predicted octanol–water partition coefficient (Wildman–Crippen LogP) is 0.833. The Bertz CT molecular complexity index is 577. The van der Waals surface area contributed by atoms with E-state index >= 15 is 0 Å². The van der Waals surface area contributed by atoms with E-state index in [2.05, 4.69) is 16.7 Å². The number of likely N-dealkylation sites (tertiary alicyclic amines) is 1. The highest BCUT2D eigenvalue weighted by Gasteiger charge is 2.24. The Labute approximate surface area is 124 Å². The number of halogens is 1. The van der Waals surface area contributed by atoms with Crippen molar-refractivity contribution in [1.82, 2.24) is 4.90 Å². The minimum Gasteiger partial charge on any atom is -0.369 e. The molecule has 1 aliphatic heterocycles. The van der Waals surface area contributed by atoms with E-state index in [9.17, 15) is 9.18 Å². The summed E-state index contributed by atoms with van der Waals surface area (Å²) in [7, 11) is 0. The maximum absolute atomic E-state index is 14.1. The van der Waals surface area contributed by atoms with Crippen LogP contribution in [0.3, 0.4) is 0 Å². The molecule has 4 N–H and O–H groups in total. The van der Waals surface area contributed by atoms with E-state index in [1.807, 2.05) is 0 Å². The lowest BCUT2D eigenvalue weighted by Crippen LogP contribution is -2.40. The van der Waals surface area contributed by atoms with E-state index < -0.39 is 0 Å². The molecule has 1 aliphatic rings. The van der Waals surface area contributed by atoms with E-state index in [0.29, 0.717) is 24.2 Å². The second-order valence-electron chi connectivity index (χ2n) is 5.29. The quantitative estimate of drug-likeness (QED) is 0.810. The summed E-state index contributed by atoms with van der Waals surface area (Å²) >= 11 is 0. The van der Waals surface area contributed by atoms with Crippen molar-refractivity contribution < 1.29 is 9.18 Å². The summed E-state index contributed by atoms with van der Waals surface area (Å²) < 4.78 is 14.1. The van der Waals surface area contributed by atoms with Crippen LogP contribution in [0.25, 0.3) is 0 Å². The zero-order valence-corrected chi connectivity index (χ0v) is 11.9. The summed E-state index contributed by atoms with van der Waals surface area (Å²) in [5, 5.41) is 0. The first kappa shape index (κ1) is 15.5. The number of carbonyl (C=O) groups excluding carboxylic acids is 1. The summed E-state index contributed by atoms with van der Waals surface area (Å²) in [6.07, 6.45) is 1.73. The maximum Gasteiger partial charge on any atom is 0.221 e.